The summed E-state index contributed by atoms with van der Waals surface area (Å²) in [5.74, 6) is 2.47. The van der Waals surface area contributed by atoms with E-state index < -0.39 is 0 Å². The highest BCUT2D eigenvalue weighted by atomic mass is 14.3. The van der Waals surface area contributed by atoms with Gasteiger partial charge in [0.15, 0.2) is 0 Å². The highest BCUT2D eigenvalue weighted by Gasteiger charge is 2.29. The fraction of sp³-hybridized carbons (Fsp3) is 0.733. The van der Waals surface area contributed by atoms with Gasteiger partial charge in [0.1, 0.15) is 0 Å². The van der Waals surface area contributed by atoms with Crippen molar-refractivity contribution in [3.8, 4) is 0 Å². The molecule has 0 bridgehead atoms. The highest BCUT2D eigenvalue weighted by Crippen LogP contribution is 2.44. The van der Waals surface area contributed by atoms with Gasteiger partial charge < -0.3 is 0 Å². The Morgan fingerprint density at radius 1 is 1.27 bits per heavy atom. The van der Waals surface area contributed by atoms with Crippen molar-refractivity contribution < 1.29 is 0 Å². The van der Waals surface area contributed by atoms with Crippen molar-refractivity contribution in [2.45, 2.75) is 53.4 Å². The van der Waals surface area contributed by atoms with Crippen LogP contribution in [0.1, 0.15) is 53.4 Å². The summed E-state index contributed by atoms with van der Waals surface area (Å²) in [6.45, 7) is 9.45. The quantitative estimate of drug-likeness (QED) is 0.542. The maximum absolute atomic E-state index is 2.47. The van der Waals surface area contributed by atoms with Crippen molar-refractivity contribution in [3.05, 3.63) is 22.8 Å². The van der Waals surface area contributed by atoms with Crippen LogP contribution >= 0.6 is 0 Å². The summed E-state index contributed by atoms with van der Waals surface area (Å²) >= 11 is 0. The van der Waals surface area contributed by atoms with Crippen LogP contribution in [0, 0.1) is 17.8 Å². The average Bonchev–Trinajstić information content (AvgIpc) is 2.17. The van der Waals surface area contributed by atoms with Gasteiger partial charge in [0.2, 0.25) is 0 Å². The third-order valence-corrected chi connectivity index (χ3v) is 4.24. The molecule has 0 aromatic heterocycles. The van der Waals surface area contributed by atoms with Crippen molar-refractivity contribution in [2.75, 3.05) is 0 Å². The lowest BCUT2D eigenvalue weighted by atomic mass is 9.69. The van der Waals surface area contributed by atoms with Gasteiger partial charge in [-0.25, -0.2) is 0 Å². The molecule has 1 fully saturated rings. The van der Waals surface area contributed by atoms with Gasteiger partial charge in [0.25, 0.3) is 0 Å². The van der Waals surface area contributed by atoms with E-state index in [-0.39, 0.29) is 0 Å². The molecule has 2 rings (SSSR count). The minimum atomic E-state index is 0.747. The number of allylic oxidation sites excluding steroid dienone is 4. The fourth-order valence-corrected chi connectivity index (χ4v) is 3.25. The zero-order chi connectivity index (χ0) is 11.0. The van der Waals surface area contributed by atoms with Crippen LogP contribution in [-0.4, -0.2) is 0 Å². The third-order valence-electron chi connectivity index (χ3n) is 4.24. The first-order chi connectivity index (χ1) is 7.09. The molecule has 1 saturated carbocycles. The predicted octanol–water partition coefficient (Wildman–Crippen LogP) is 4.73. The Kier molecular flexibility index (Phi) is 3.04. The largest absolute Gasteiger partial charge is 0.0809 e. The molecule has 0 radical (unpaired) electrons. The SMILES string of the molecule is CC1=CCC(C(C)C)=C2CC(C)CCC12. The Morgan fingerprint density at radius 3 is 2.67 bits per heavy atom. The Morgan fingerprint density at radius 2 is 2.00 bits per heavy atom. The molecule has 0 N–H and O–H groups in total. The van der Waals surface area contributed by atoms with Crippen molar-refractivity contribution in [3.63, 3.8) is 0 Å². The van der Waals surface area contributed by atoms with Crippen LogP contribution in [-0.2, 0) is 0 Å². The molecule has 0 nitrogen and oxygen atoms in total. The van der Waals surface area contributed by atoms with E-state index >= 15 is 0 Å². The predicted molar refractivity (Wildman–Crippen MR) is 66.7 cm³/mol. The van der Waals surface area contributed by atoms with E-state index in [0.717, 1.165) is 17.8 Å². The third kappa shape index (κ3) is 2.04. The summed E-state index contributed by atoms with van der Waals surface area (Å²) in [7, 11) is 0. The molecule has 0 aromatic carbocycles. The van der Waals surface area contributed by atoms with Gasteiger partial charge in [-0.3, -0.25) is 0 Å². The minimum absolute atomic E-state index is 0.747. The lowest BCUT2D eigenvalue weighted by Gasteiger charge is -2.36. The lowest BCUT2D eigenvalue weighted by Crippen LogP contribution is -2.22. The molecule has 0 aliphatic heterocycles. The second-order valence-corrected chi connectivity index (χ2v) is 5.80. The zero-order valence-corrected chi connectivity index (χ0v) is 10.6. The first kappa shape index (κ1) is 11.0. The van der Waals surface area contributed by atoms with Gasteiger partial charge in [-0.1, -0.05) is 43.6 Å². The van der Waals surface area contributed by atoms with E-state index in [2.05, 4.69) is 33.8 Å². The number of rotatable bonds is 1. The van der Waals surface area contributed by atoms with Crippen LogP contribution in [0.2, 0.25) is 0 Å². The second kappa shape index (κ2) is 4.15. The highest BCUT2D eigenvalue weighted by molar-refractivity contribution is 5.34. The maximum Gasteiger partial charge on any atom is 0.000736 e. The topological polar surface area (TPSA) is 0 Å². The van der Waals surface area contributed by atoms with Crippen LogP contribution in [0.4, 0.5) is 0 Å². The van der Waals surface area contributed by atoms with Gasteiger partial charge in [-0.2, -0.15) is 0 Å². The lowest BCUT2D eigenvalue weighted by molar-refractivity contribution is 0.384. The Bertz CT molecular complexity index is 304. The van der Waals surface area contributed by atoms with Gasteiger partial charge in [-0.05, 0) is 44.4 Å². The molecule has 84 valence electrons. The Labute approximate surface area is 94.5 Å². The van der Waals surface area contributed by atoms with Gasteiger partial charge in [-0.15, -0.1) is 0 Å². The molecule has 0 heterocycles. The van der Waals surface area contributed by atoms with E-state index in [1.807, 2.05) is 5.57 Å². The molecule has 0 heteroatoms. The molecule has 0 spiro atoms. The molecule has 0 aromatic rings. The molecule has 0 saturated heterocycles. The maximum atomic E-state index is 2.47. The van der Waals surface area contributed by atoms with Gasteiger partial charge in [0.05, 0.1) is 0 Å². The summed E-state index contributed by atoms with van der Waals surface area (Å²) in [5.41, 5.74) is 5.20. The monoisotopic (exact) mass is 204 g/mol. The smallest absolute Gasteiger partial charge is 0.000736 e. The van der Waals surface area contributed by atoms with Crippen LogP contribution in [0.3, 0.4) is 0 Å². The van der Waals surface area contributed by atoms with Crippen LogP contribution < -0.4 is 0 Å². The fourth-order valence-electron chi connectivity index (χ4n) is 3.25. The Balaban J connectivity index is 2.31. The molecule has 2 aliphatic rings. The van der Waals surface area contributed by atoms with Gasteiger partial charge >= 0.3 is 0 Å². The van der Waals surface area contributed by atoms with Gasteiger partial charge in [0, 0.05) is 5.92 Å². The van der Waals surface area contributed by atoms with Crippen LogP contribution in [0.25, 0.3) is 0 Å². The van der Waals surface area contributed by atoms with Crippen LogP contribution in [0.15, 0.2) is 22.8 Å². The van der Waals surface area contributed by atoms with Crippen molar-refractivity contribution >= 4 is 0 Å². The molecular formula is C15H24. The minimum Gasteiger partial charge on any atom is -0.0809 e. The van der Waals surface area contributed by atoms with Crippen LogP contribution in [0.5, 0.6) is 0 Å². The van der Waals surface area contributed by atoms with Crippen molar-refractivity contribution in [1.82, 2.24) is 0 Å². The number of hydrogen-bond donors (Lipinski definition) is 0. The molecule has 2 aliphatic carbocycles. The summed E-state index contributed by atoms with van der Waals surface area (Å²) < 4.78 is 0. The zero-order valence-electron chi connectivity index (χ0n) is 10.6. The van der Waals surface area contributed by atoms with E-state index in [1.54, 1.807) is 11.1 Å². The van der Waals surface area contributed by atoms with E-state index in [4.69, 9.17) is 0 Å². The van der Waals surface area contributed by atoms with E-state index in [0.29, 0.717) is 0 Å². The average molecular weight is 204 g/mol. The molecule has 0 amide bonds. The normalized spacial score (nSPS) is 31.7. The molecular weight excluding hydrogens is 180 g/mol. The summed E-state index contributed by atoms with van der Waals surface area (Å²) in [4.78, 5) is 0. The number of fused-ring (bicyclic) bond motifs is 1. The first-order valence-electron chi connectivity index (χ1n) is 6.48. The van der Waals surface area contributed by atoms with E-state index in [9.17, 15) is 0 Å². The number of hydrogen-bond acceptors (Lipinski definition) is 0. The molecule has 2 atom stereocenters. The summed E-state index contributed by atoms with van der Waals surface area (Å²) in [6, 6.07) is 0. The summed E-state index contributed by atoms with van der Waals surface area (Å²) in [5, 5.41) is 0. The summed E-state index contributed by atoms with van der Waals surface area (Å²) in [6.07, 6.45) is 7.88. The molecule has 15 heavy (non-hydrogen) atoms. The second-order valence-electron chi connectivity index (χ2n) is 5.80. The van der Waals surface area contributed by atoms with Crippen molar-refractivity contribution in [1.29, 1.82) is 0 Å². The van der Waals surface area contributed by atoms with E-state index in [1.165, 1.54) is 25.7 Å². The first-order valence-corrected chi connectivity index (χ1v) is 6.48. The standard InChI is InChI=1S/C15H24/c1-10(2)13-8-6-12(4)14-7-5-11(3)9-15(13)14/h6,10-11,14H,5,7-9H2,1-4H3. The molecule has 2 unspecified atom stereocenters. The Hall–Kier alpha value is -0.520. The van der Waals surface area contributed by atoms with Crippen molar-refractivity contribution in [2.24, 2.45) is 17.8 Å².